The van der Waals surface area contributed by atoms with Gasteiger partial charge in [0.05, 0.1) is 6.04 Å². The smallest absolute Gasteiger partial charge is 0.251 e. The van der Waals surface area contributed by atoms with Crippen LogP contribution in [0.25, 0.3) is 0 Å². The standard InChI is InChI=1S/C14H15N3OS/c15-13-8-9(4-6-16-13)14(18)17-11-2-1-3-12-10(11)5-7-19-12/h4-8,11H,1-3H2,(H2,15,16)(H,17,18). The highest BCUT2D eigenvalue weighted by Gasteiger charge is 2.23. The third kappa shape index (κ3) is 2.46. The molecule has 1 aliphatic carbocycles. The van der Waals surface area contributed by atoms with Crippen LogP contribution in [-0.4, -0.2) is 10.9 Å². The van der Waals surface area contributed by atoms with Crippen LogP contribution in [0.3, 0.4) is 0 Å². The van der Waals surface area contributed by atoms with Crippen molar-refractivity contribution in [2.24, 2.45) is 0 Å². The lowest BCUT2D eigenvalue weighted by molar-refractivity contribution is 0.0933. The van der Waals surface area contributed by atoms with Gasteiger partial charge in [0.25, 0.3) is 5.91 Å². The molecule has 0 aromatic carbocycles. The molecule has 0 spiro atoms. The third-order valence-electron chi connectivity index (χ3n) is 3.40. The first-order chi connectivity index (χ1) is 9.24. The van der Waals surface area contributed by atoms with Gasteiger partial charge in [-0.25, -0.2) is 4.98 Å². The van der Waals surface area contributed by atoms with Crippen LogP contribution in [0.5, 0.6) is 0 Å². The third-order valence-corrected chi connectivity index (χ3v) is 4.40. The van der Waals surface area contributed by atoms with Crippen molar-refractivity contribution in [3.05, 3.63) is 45.8 Å². The fraction of sp³-hybridized carbons (Fsp3) is 0.286. The van der Waals surface area contributed by atoms with Crippen LogP contribution >= 0.6 is 11.3 Å². The number of hydrogen-bond acceptors (Lipinski definition) is 4. The zero-order chi connectivity index (χ0) is 13.2. The number of amides is 1. The molecule has 1 aliphatic rings. The summed E-state index contributed by atoms with van der Waals surface area (Å²) in [6, 6.07) is 5.53. The van der Waals surface area contributed by atoms with Gasteiger partial charge in [0.1, 0.15) is 5.82 Å². The number of pyridine rings is 1. The Morgan fingerprint density at radius 1 is 1.47 bits per heavy atom. The van der Waals surface area contributed by atoms with Crippen molar-refractivity contribution in [1.29, 1.82) is 0 Å². The Morgan fingerprint density at radius 3 is 3.21 bits per heavy atom. The van der Waals surface area contributed by atoms with Crippen molar-refractivity contribution in [3.63, 3.8) is 0 Å². The molecule has 5 heteroatoms. The number of rotatable bonds is 2. The lowest BCUT2D eigenvalue weighted by Crippen LogP contribution is -2.30. The number of hydrogen-bond donors (Lipinski definition) is 2. The summed E-state index contributed by atoms with van der Waals surface area (Å²) >= 11 is 1.77. The number of nitrogens with one attached hydrogen (secondary N) is 1. The zero-order valence-corrected chi connectivity index (χ0v) is 11.2. The first-order valence-electron chi connectivity index (χ1n) is 6.32. The number of nitrogens with zero attached hydrogens (tertiary/aromatic N) is 1. The van der Waals surface area contributed by atoms with Crippen LogP contribution in [-0.2, 0) is 6.42 Å². The minimum atomic E-state index is -0.0850. The summed E-state index contributed by atoms with van der Waals surface area (Å²) in [5.41, 5.74) is 7.43. The van der Waals surface area contributed by atoms with Crippen molar-refractivity contribution in [1.82, 2.24) is 10.3 Å². The topological polar surface area (TPSA) is 68.0 Å². The van der Waals surface area contributed by atoms with E-state index in [9.17, 15) is 4.79 Å². The van der Waals surface area contributed by atoms with Crippen LogP contribution in [0.2, 0.25) is 0 Å². The first kappa shape index (κ1) is 12.2. The van der Waals surface area contributed by atoms with Crippen molar-refractivity contribution < 1.29 is 4.79 Å². The predicted molar refractivity (Wildman–Crippen MR) is 76.1 cm³/mol. The van der Waals surface area contributed by atoms with E-state index >= 15 is 0 Å². The Morgan fingerprint density at radius 2 is 2.37 bits per heavy atom. The van der Waals surface area contributed by atoms with E-state index in [1.165, 1.54) is 10.4 Å². The Kier molecular flexibility index (Phi) is 3.21. The second kappa shape index (κ2) is 5.01. The van der Waals surface area contributed by atoms with Crippen molar-refractivity contribution in [2.75, 3.05) is 5.73 Å². The number of aromatic nitrogens is 1. The summed E-state index contributed by atoms with van der Waals surface area (Å²) in [6.07, 6.45) is 4.80. The summed E-state index contributed by atoms with van der Waals surface area (Å²) in [7, 11) is 0. The Bertz CT molecular complexity index is 608. The number of nitrogen functional groups attached to an aromatic ring is 1. The van der Waals surface area contributed by atoms with Gasteiger partial charge >= 0.3 is 0 Å². The lowest BCUT2D eigenvalue weighted by Gasteiger charge is -2.23. The maximum Gasteiger partial charge on any atom is 0.251 e. The maximum atomic E-state index is 12.2. The van der Waals surface area contributed by atoms with E-state index < -0.39 is 0 Å². The van der Waals surface area contributed by atoms with E-state index in [1.54, 1.807) is 29.7 Å². The molecule has 3 rings (SSSR count). The molecule has 3 N–H and O–H groups in total. The molecule has 2 aromatic heterocycles. The van der Waals surface area contributed by atoms with Gasteiger partial charge in [-0.2, -0.15) is 0 Å². The van der Waals surface area contributed by atoms with Crippen LogP contribution in [0.15, 0.2) is 29.8 Å². The van der Waals surface area contributed by atoms with Gasteiger partial charge in [0.15, 0.2) is 0 Å². The Labute approximate surface area is 115 Å². The van der Waals surface area contributed by atoms with Crippen LogP contribution in [0.4, 0.5) is 5.82 Å². The number of aryl methyl sites for hydroxylation is 1. The molecule has 4 nitrogen and oxygen atoms in total. The number of fused-ring (bicyclic) bond motifs is 1. The highest BCUT2D eigenvalue weighted by Crippen LogP contribution is 2.33. The molecule has 19 heavy (non-hydrogen) atoms. The average molecular weight is 273 g/mol. The van der Waals surface area contributed by atoms with Crippen molar-refractivity contribution in [2.45, 2.75) is 25.3 Å². The molecule has 98 valence electrons. The van der Waals surface area contributed by atoms with Crippen LogP contribution in [0, 0.1) is 0 Å². The van der Waals surface area contributed by atoms with E-state index in [0.29, 0.717) is 11.4 Å². The van der Waals surface area contributed by atoms with Gasteiger partial charge in [0.2, 0.25) is 0 Å². The van der Waals surface area contributed by atoms with E-state index in [-0.39, 0.29) is 11.9 Å². The van der Waals surface area contributed by atoms with Gasteiger partial charge in [-0.1, -0.05) is 0 Å². The Balaban J connectivity index is 1.78. The zero-order valence-electron chi connectivity index (χ0n) is 10.4. The van der Waals surface area contributed by atoms with Crippen LogP contribution in [0.1, 0.15) is 39.7 Å². The van der Waals surface area contributed by atoms with E-state index in [4.69, 9.17) is 5.73 Å². The molecular formula is C14H15N3OS. The van der Waals surface area contributed by atoms with Gasteiger partial charge < -0.3 is 11.1 Å². The number of nitrogens with two attached hydrogens (primary N) is 1. The molecule has 0 saturated carbocycles. The molecule has 1 unspecified atom stereocenters. The van der Waals surface area contributed by atoms with Gasteiger partial charge in [-0.3, -0.25) is 4.79 Å². The molecule has 0 radical (unpaired) electrons. The monoisotopic (exact) mass is 273 g/mol. The maximum absolute atomic E-state index is 12.2. The molecule has 2 heterocycles. The normalized spacial score (nSPS) is 17.8. The predicted octanol–water partition coefficient (Wildman–Crippen LogP) is 2.53. The van der Waals surface area contributed by atoms with Gasteiger partial charge in [0, 0.05) is 16.6 Å². The second-order valence-electron chi connectivity index (χ2n) is 4.69. The SMILES string of the molecule is Nc1cc(C(=O)NC2CCCc3sccc32)ccn1. The van der Waals surface area contributed by atoms with Crippen molar-refractivity contribution >= 4 is 23.1 Å². The first-order valence-corrected chi connectivity index (χ1v) is 7.20. The summed E-state index contributed by atoms with van der Waals surface area (Å²) in [4.78, 5) is 17.5. The minimum absolute atomic E-state index is 0.0850. The molecule has 0 saturated heterocycles. The molecule has 0 bridgehead atoms. The molecule has 1 amide bonds. The molecule has 1 atom stereocenters. The lowest BCUT2D eigenvalue weighted by atomic mass is 9.94. The summed E-state index contributed by atoms with van der Waals surface area (Å²) < 4.78 is 0. The van der Waals surface area contributed by atoms with Crippen LogP contribution < -0.4 is 11.1 Å². The molecular weight excluding hydrogens is 258 g/mol. The molecule has 0 fully saturated rings. The number of carbonyl (C=O) groups is 1. The quantitative estimate of drug-likeness (QED) is 0.883. The summed E-state index contributed by atoms with van der Waals surface area (Å²) in [6.45, 7) is 0. The highest BCUT2D eigenvalue weighted by molar-refractivity contribution is 7.10. The van der Waals surface area contributed by atoms with Crippen molar-refractivity contribution in [3.8, 4) is 0 Å². The number of thiophene rings is 1. The largest absolute Gasteiger partial charge is 0.384 e. The van der Waals surface area contributed by atoms with E-state index in [0.717, 1.165) is 19.3 Å². The van der Waals surface area contributed by atoms with Gasteiger partial charge in [-0.05, 0) is 48.4 Å². The number of anilines is 1. The highest BCUT2D eigenvalue weighted by atomic mass is 32.1. The molecule has 0 aliphatic heterocycles. The second-order valence-corrected chi connectivity index (χ2v) is 5.69. The minimum Gasteiger partial charge on any atom is -0.384 e. The summed E-state index contributed by atoms with van der Waals surface area (Å²) in [5, 5.41) is 5.19. The van der Waals surface area contributed by atoms with E-state index in [1.807, 2.05) is 0 Å². The fourth-order valence-electron chi connectivity index (χ4n) is 2.47. The molecule has 2 aromatic rings. The van der Waals surface area contributed by atoms with Gasteiger partial charge in [-0.15, -0.1) is 11.3 Å². The average Bonchev–Trinajstić information content (AvgIpc) is 2.88. The van der Waals surface area contributed by atoms with E-state index in [2.05, 4.69) is 21.7 Å². The fourth-order valence-corrected chi connectivity index (χ4v) is 3.45. The summed E-state index contributed by atoms with van der Waals surface area (Å²) in [5.74, 6) is 0.283. The number of carbonyl (C=O) groups excluding carboxylic acids is 1. The Hall–Kier alpha value is -1.88.